The number of aromatic nitrogens is 2. The molecule has 0 fully saturated rings. The molecular formula is C16H21N3O2. The van der Waals surface area contributed by atoms with Crippen LogP contribution in [0.5, 0.6) is 11.5 Å². The monoisotopic (exact) mass is 287 g/mol. The van der Waals surface area contributed by atoms with Crippen LogP contribution in [0, 0.1) is 0 Å². The van der Waals surface area contributed by atoms with Crippen LogP contribution in [-0.2, 0) is 6.54 Å². The summed E-state index contributed by atoms with van der Waals surface area (Å²) in [6.45, 7) is 3.00. The highest BCUT2D eigenvalue weighted by atomic mass is 16.5. The van der Waals surface area contributed by atoms with Crippen molar-refractivity contribution in [3.63, 3.8) is 0 Å². The first kappa shape index (κ1) is 13.9. The normalized spacial score (nSPS) is 20.7. The van der Waals surface area contributed by atoms with Crippen molar-refractivity contribution in [1.29, 1.82) is 0 Å². The number of nitrogens with one attached hydrogen (secondary N) is 1. The summed E-state index contributed by atoms with van der Waals surface area (Å²) in [6.07, 6.45) is 4.64. The van der Waals surface area contributed by atoms with Crippen LogP contribution in [-0.4, -0.2) is 23.7 Å². The van der Waals surface area contributed by atoms with Gasteiger partial charge in [-0.05, 0) is 20.0 Å². The Morgan fingerprint density at radius 1 is 1.48 bits per heavy atom. The molecule has 3 rings (SSSR count). The van der Waals surface area contributed by atoms with Crippen molar-refractivity contribution in [2.24, 2.45) is 0 Å². The molecule has 2 atom stereocenters. The first-order valence-electron chi connectivity index (χ1n) is 7.28. The molecule has 0 amide bonds. The molecule has 1 aliphatic rings. The van der Waals surface area contributed by atoms with E-state index in [1.165, 1.54) is 5.56 Å². The minimum absolute atomic E-state index is 0.00417. The van der Waals surface area contributed by atoms with E-state index in [1.54, 1.807) is 7.11 Å². The van der Waals surface area contributed by atoms with E-state index in [2.05, 4.69) is 27.9 Å². The van der Waals surface area contributed by atoms with Crippen molar-refractivity contribution in [3.05, 3.63) is 42.0 Å². The number of nitrogens with zero attached hydrogens (tertiary/aromatic N) is 2. The van der Waals surface area contributed by atoms with Gasteiger partial charge in [0.15, 0.2) is 0 Å². The average molecular weight is 287 g/mol. The zero-order valence-corrected chi connectivity index (χ0v) is 12.7. The van der Waals surface area contributed by atoms with Gasteiger partial charge in [0.2, 0.25) is 0 Å². The van der Waals surface area contributed by atoms with Gasteiger partial charge in [-0.3, -0.25) is 0 Å². The second-order valence-corrected chi connectivity index (χ2v) is 5.19. The summed E-state index contributed by atoms with van der Waals surface area (Å²) in [5.41, 5.74) is 2.29. The van der Waals surface area contributed by atoms with Crippen LogP contribution in [0.4, 0.5) is 0 Å². The molecule has 5 nitrogen and oxygen atoms in total. The van der Waals surface area contributed by atoms with Crippen LogP contribution in [0.25, 0.3) is 0 Å². The predicted molar refractivity (Wildman–Crippen MR) is 80.7 cm³/mol. The summed E-state index contributed by atoms with van der Waals surface area (Å²) in [5, 5.41) is 3.38. The molecule has 1 aromatic heterocycles. The summed E-state index contributed by atoms with van der Waals surface area (Å²) in [5.74, 6) is 1.70. The fourth-order valence-electron chi connectivity index (χ4n) is 2.89. The molecule has 1 N–H and O–H groups in total. The van der Waals surface area contributed by atoms with Crippen LogP contribution >= 0.6 is 0 Å². The van der Waals surface area contributed by atoms with Crippen molar-refractivity contribution in [1.82, 2.24) is 14.9 Å². The van der Waals surface area contributed by atoms with E-state index in [-0.39, 0.29) is 12.1 Å². The van der Waals surface area contributed by atoms with Crippen molar-refractivity contribution >= 4 is 0 Å². The molecule has 1 aromatic carbocycles. The molecule has 5 heteroatoms. The van der Waals surface area contributed by atoms with Crippen LogP contribution in [0.15, 0.2) is 30.7 Å². The third-order valence-corrected chi connectivity index (χ3v) is 4.08. The van der Waals surface area contributed by atoms with E-state index in [4.69, 9.17) is 9.47 Å². The van der Waals surface area contributed by atoms with Crippen LogP contribution in [0.1, 0.15) is 36.7 Å². The van der Waals surface area contributed by atoms with E-state index in [1.807, 2.05) is 31.7 Å². The summed E-state index contributed by atoms with van der Waals surface area (Å²) >= 11 is 0. The number of methoxy groups -OCH3 is 1. The third-order valence-electron chi connectivity index (χ3n) is 4.08. The van der Waals surface area contributed by atoms with E-state index >= 15 is 0 Å². The molecule has 0 bridgehead atoms. The molecule has 112 valence electrons. The number of rotatable bonds is 4. The Balaban J connectivity index is 1.97. The molecular weight excluding hydrogens is 266 g/mol. The van der Waals surface area contributed by atoms with Gasteiger partial charge in [-0.25, -0.2) is 4.98 Å². The summed E-state index contributed by atoms with van der Waals surface area (Å²) in [4.78, 5) is 4.25. The van der Waals surface area contributed by atoms with E-state index in [9.17, 15) is 0 Å². The third kappa shape index (κ3) is 2.49. The van der Waals surface area contributed by atoms with Gasteiger partial charge >= 0.3 is 0 Å². The molecule has 0 spiro atoms. The summed E-state index contributed by atoms with van der Waals surface area (Å²) in [7, 11) is 3.65. The Bertz CT molecular complexity index is 624. The predicted octanol–water partition coefficient (Wildman–Crippen LogP) is 2.70. The lowest BCUT2D eigenvalue weighted by atomic mass is 9.95. The van der Waals surface area contributed by atoms with E-state index in [0.29, 0.717) is 0 Å². The van der Waals surface area contributed by atoms with Crippen LogP contribution < -0.4 is 14.8 Å². The quantitative estimate of drug-likeness (QED) is 0.939. The average Bonchev–Trinajstić information content (AvgIpc) is 3.01. The van der Waals surface area contributed by atoms with Gasteiger partial charge in [0.05, 0.1) is 25.3 Å². The zero-order chi connectivity index (χ0) is 14.8. The van der Waals surface area contributed by atoms with Crippen molar-refractivity contribution in [3.8, 4) is 11.5 Å². The summed E-state index contributed by atoms with van der Waals surface area (Å²) in [6, 6.07) is 6.27. The number of fused-ring (bicyclic) bond motifs is 1. The van der Waals surface area contributed by atoms with E-state index < -0.39 is 0 Å². The number of imidazole rings is 1. The van der Waals surface area contributed by atoms with Gasteiger partial charge in [0.25, 0.3) is 0 Å². The van der Waals surface area contributed by atoms with Crippen LogP contribution in [0.2, 0.25) is 0 Å². The molecule has 2 heterocycles. The van der Waals surface area contributed by atoms with Gasteiger partial charge in [-0.1, -0.05) is 6.07 Å². The largest absolute Gasteiger partial charge is 0.497 e. The van der Waals surface area contributed by atoms with E-state index in [0.717, 1.165) is 30.2 Å². The zero-order valence-electron chi connectivity index (χ0n) is 12.7. The molecule has 21 heavy (non-hydrogen) atoms. The van der Waals surface area contributed by atoms with Gasteiger partial charge in [-0.2, -0.15) is 0 Å². The lowest BCUT2D eigenvalue weighted by Gasteiger charge is -2.32. The van der Waals surface area contributed by atoms with Gasteiger partial charge in [0, 0.05) is 30.6 Å². The Morgan fingerprint density at radius 3 is 3.05 bits per heavy atom. The minimum atomic E-state index is 0.00417. The Morgan fingerprint density at radius 2 is 2.33 bits per heavy atom. The van der Waals surface area contributed by atoms with Crippen molar-refractivity contribution in [2.45, 2.75) is 32.0 Å². The Hall–Kier alpha value is -2.01. The minimum Gasteiger partial charge on any atom is -0.497 e. The second kappa shape index (κ2) is 5.77. The smallest absolute Gasteiger partial charge is 0.142 e. The molecule has 2 unspecified atom stereocenters. The molecule has 0 saturated heterocycles. The molecule has 0 aliphatic carbocycles. The maximum atomic E-state index is 6.21. The number of ether oxygens (including phenoxy) is 2. The fraction of sp³-hybridized carbons (Fsp3) is 0.438. The molecule has 2 aromatic rings. The first-order valence-corrected chi connectivity index (χ1v) is 7.28. The van der Waals surface area contributed by atoms with Gasteiger partial charge in [0.1, 0.15) is 17.6 Å². The number of hydrogen-bond donors (Lipinski definition) is 1. The maximum Gasteiger partial charge on any atom is 0.142 e. The van der Waals surface area contributed by atoms with Crippen LogP contribution in [0.3, 0.4) is 0 Å². The van der Waals surface area contributed by atoms with Gasteiger partial charge < -0.3 is 19.4 Å². The topological polar surface area (TPSA) is 48.3 Å². The lowest BCUT2D eigenvalue weighted by molar-refractivity contribution is 0.145. The molecule has 0 saturated carbocycles. The number of hydrogen-bond acceptors (Lipinski definition) is 4. The SMILES string of the molecule is CCn1cncc1C1CC(NC)c2ccc(OC)cc2O1. The lowest BCUT2D eigenvalue weighted by Crippen LogP contribution is -2.27. The Kier molecular flexibility index (Phi) is 3.84. The summed E-state index contributed by atoms with van der Waals surface area (Å²) < 4.78 is 13.6. The Labute approximate surface area is 124 Å². The highest BCUT2D eigenvalue weighted by Gasteiger charge is 2.30. The number of aryl methyl sites for hydroxylation is 1. The van der Waals surface area contributed by atoms with Crippen molar-refractivity contribution in [2.75, 3.05) is 14.2 Å². The maximum absolute atomic E-state index is 6.21. The van der Waals surface area contributed by atoms with Gasteiger partial charge in [-0.15, -0.1) is 0 Å². The van der Waals surface area contributed by atoms with Crippen molar-refractivity contribution < 1.29 is 9.47 Å². The fourth-order valence-corrected chi connectivity index (χ4v) is 2.89. The highest BCUT2D eigenvalue weighted by Crippen LogP contribution is 2.42. The second-order valence-electron chi connectivity index (χ2n) is 5.19. The standard InChI is InChI=1S/C16H21N3O2/c1-4-19-10-18-9-14(19)16-8-13(17-2)12-6-5-11(20-3)7-15(12)21-16/h5-7,9-10,13,16-17H,4,8H2,1-3H3. The first-order chi connectivity index (χ1) is 10.3. The number of benzene rings is 1. The molecule has 0 radical (unpaired) electrons. The highest BCUT2D eigenvalue weighted by molar-refractivity contribution is 5.44. The molecule has 1 aliphatic heterocycles.